The zero-order valence-corrected chi connectivity index (χ0v) is 20.3. The molecule has 0 spiro atoms. The fourth-order valence-electron chi connectivity index (χ4n) is 4.82. The van der Waals surface area contributed by atoms with Crippen LogP contribution in [0.25, 0.3) is 0 Å². The standard InChI is InChI=1S/C26H38N4O4/c1-29-18-22(17-25(29)33)26(34)28-14-4-2-3-5-24(32)30-15-12-21(13-16-30)20-9-6-19(7-10-20)8-11-23(27)31/h6-7,9-10,21-22H,2-5,8,11-18H2,1H3,(H2,27,31)(H,28,34). The van der Waals surface area contributed by atoms with Gasteiger partial charge in [0.15, 0.2) is 0 Å². The van der Waals surface area contributed by atoms with Crippen LogP contribution in [0.1, 0.15) is 68.4 Å². The first-order valence-corrected chi connectivity index (χ1v) is 12.5. The molecule has 2 aliphatic rings. The number of hydrogen-bond donors (Lipinski definition) is 2. The lowest BCUT2D eigenvalue weighted by molar-refractivity contribution is -0.132. The number of unbranched alkanes of at least 4 members (excludes halogenated alkanes) is 2. The van der Waals surface area contributed by atoms with E-state index >= 15 is 0 Å². The number of primary amides is 1. The highest BCUT2D eigenvalue weighted by Crippen LogP contribution is 2.28. The molecule has 3 rings (SSSR count). The second-order valence-corrected chi connectivity index (χ2v) is 9.64. The van der Waals surface area contributed by atoms with Crippen molar-refractivity contribution in [2.75, 3.05) is 33.2 Å². The van der Waals surface area contributed by atoms with Crippen LogP contribution in [0.4, 0.5) is 0 Å². The molecule has 3 N–H and O–H groups in total. The summed E-state index contributed by atoms with van der Waals surface area (Å²) in [6, 6.07) is 8.42. The molecule has 34 heavy (non-hydrogen) atoms. The third kappa shape index (κ3) is 7.57. The van der Waals surface area contributed by atoms with Crippen LogP contribution in [0.2, 0.25) is 0 Å². The summed E-state index contributed by atoms with van der Waals surface area (Å²) in [4.78, 5) is 50.7. The van der Waals surface area contributed by atoms with E-state index in [1.807, 2.05) is 4.90 Å². The Bertz CT molecular complexity index is 862. The molecule has 0 bridgehead atoms. The Labute approximate surface area is 202 Å². The maximum atomic E-state index is 12.6. The zero-order chi connectivity index (χ0) is 24.5. The van der Waals surface area contributed by atoms with Crippen LogP contribution in [0, 0.1) is 5.92 Å². The molecule has 2 saturated heterocycles. The monoisotopic (exact) mass is 470 g/mol. The summed E-state index contributed by atoms with van der Waals surface area (Å²) in [5, 5.41) is 2.92. The first kappa shape index (κ1) is 25.7. The van der Waals surface area contributed by atoms with Gasteiger partial charge in [-0.15, -0.1) is 0 Å². The van der Waals surface area contributed by atoms with Crippen molar-refractivity contribution in [1.82, 2.24) is 15.1 Å². The van der Waals surface area contributed by atoms with E-state index in [2.05, 4.69) is 29.6 Å². The Hall–Kier alpha value is -2.90. The van der Waals surface area contributed by atoms with Crippen molar-refractivity contribution < 1.29 is 19.2 Å². The number of likely N-dealkylation sites (tertiary alicyclic amines) is 2. The minimum atomic E-state index is -0.279. The van der Waals surface area contributed by atoms with Gasteiger partial charge in [-0.3, -0.25) is 19.2 Å². The summed E-state index contributed by atoms with van der Waals surface area (Å²) in [7, 11) is 1.72. The molecule has 1 atom stereocenters. The van der Waals surface area contributed by atoms with Crippen molar-refractivity contribution in [3.8, 4) is 0 Å². The van der Waals surface area contributed by atoms with Crippen LogP contribution < -0.4 is 11.1 Å². The van der Waals surface area contributed by atoms with Gasteiger partial charge in [-0.2, -0.15) is 0 Å². The van der Waals surface area contributed by atoms with Gasteiger partial charge in [-0.1, -0.05) is 30.7 Å². The molecule has 4 amide bonds. The van der Waals surface area contributed by atoms with E-state index in [4.69, 9.17) is 5.73 Å². The van der Waals surface area contributed by atoms with Gasteiger partial charge in [0, 0.05) is 52.5 Å². The van der Waals surface area contributed by atoms with Gasteiger partial charge < -0.3 is 20.9 Å². The Morgan fingerprint density at radius 2 is 1.74 bits per heavy atom. The number of carbonyl (C=O) groups is 4. The number of nitrogens with two attached hydrogens (primary N) is 1. The number of rotatable bonds is 11. The van der Waals surface area contributed by atoms with Crippen LogP contribution in [0.15, 0.2) is 24.3 Å². The molecule has 2 heterocycles. The molecule has 2 aliphatic heterocycles. The summed E-state index contributed by atoms with van der Waals surface area (Å²) in [6.45, 7) is 2.67. The van der Waals surface area contributed by atoms with Gasteiger partial charge in [0.25, 0.3) is 0 Å². The molecule has 0 aliphatic carbocycles. The Morgan fingerprint density at radius 1 is 1.03 bits per heavy atom. The fraction of sp³-hybridized carbons (Fsp3) is 0.615. The van der Waals surface area contributed by atoms with Gasteiger partial charge in [0.1, 0.15) is 0 Å². The molecule has 2 fully saturated rings. The molecule has 8 heteroatoms. The lowest BCUT2D eigenvalue weighted by Gasteiger charge is -2.32. The van der Waals surface area contributed by atoms with E-state index in [9.17, 15) is 19.2 Å². The van der Waals surface area contributed by atoms with E-state index in [1.165, 1.54) is 5.56 Å². The van der Waals surface area contributed by atoms with E-state index in [-0.39, 0.29) is 29.5 Å². The maximum absolute atomic E-state index is 12.6. The van der Waals surface area contributed by atoms with Crippen molar-refractivity contribution in [2.45, 2.75) is 63.7 Å². The second kappa shape index (κ2) is 12.5. The minimum absolute atomic E-state index is 0.0256. The first-order valence-electron chi connectivity index (χ1n) is 12.5. The summed E-state index contributed by atoms with van der Waals surface area (Å²) < 4.78 is 0. The molecular formula is C26H38N4O4. The van der Waals surface area contributed by atoms with Gasteiger partial charge in [-0.25, -0.2) is 0 Å². The lowest BCUT2D eigenvalue weighted by Crippen LogP contribution is -2.37. The van der Waals surface area contributed by atoms with E-state index < -0.39 is 0 Å². The average molecular weight is 471 g/mol. The fourth-order valence-corrected chi connectivity index (χ4v) is 4.82. The van der Waals surface area contributed by atoms with Gasteiger partial charge in [0.05, 0.1) is 5.92 Å². The van der Waals surface area contributed by atoms with Gasteiger partial charge >= 0.3 is 0 Å². The van der Waals surface area contributed by atoms with Crippen LogP contribution in [-0.2, 0) is 25.6 Å². The molecule has 0 radical (unpaired) electrons. The number of amides is 4. The number of nitrogens with one attached hydrogen (secondary N) is 1. The van der Waals surface area contributed by atoms with Crippen LogP contribution in [-0.4, -0.2) is 66.7 Å². The highest BCUT2D eigenvalue weighted by molar-refractivity contribution is 5.89. The predicted octanol–water partition coefficient (Wildman–Crippen LogP) is 1.97. The van der Waals surface area contributed by atoms with Crippen molar-refractivity contribution in [2.24, 2.45) is 11.7 Å². The maximum Gasteiger partial charge on any atom is 0.225 e. The molecule has 0 saturated carbocycles. The van der Waals surface area contributed by atoms with Crippen LogP contribution in [0.5, 0.6) is 0 Å². The summed E-state index contributed by atoms with van der Waals surface area (Å²) in [5.41, 5.74) is 7.64. The molecule has 1 aromatic carbocycles. The first-order chi connectivity index (χ1) is 16.3. The lowest BCUT2D eigenvalue weighted by atomic mass is 9.88. The molecule has 1 unspecified atom stereocenters. The van der Waals surface area contributed by atoms with Crippen molar-refractivity contribution in [3.05, 3.63) is 35.4 Å². The second-order valence-electron chi connectivity index (χ2n) is 9.64. The molecule has 186 valence electrons. The molecular weight excluding hydrogens is 432 g/mol. The number of hydrogen-bond acceptors (Lipinski definition) is 4. The van der Waals surface area contributed by atoms with E-state index in [0.717, 1.165) is 50.8 Å². The topological polar surface area (TPSA) is 113 Å². The zero-order valence-electron chi connectivity index (χ0n) is 20.3. The summed E-state index contributed by atoms with van der Waals surface area (Å²) in [5.74, 6) is 0.153. The van der Waals surface area contributed by atoms with E-state index in [0.29, 0.717) is 44.7 Å². The number of piperidine rings is 1. The minimum Gasteiger partial charge on any atom is -0.370 e. The Kier molecular flexibility index (Phi) is 9.48. The smallest absolute Gasteiger partial charge is 0.225 e. The average Bonchev–Trinajstić information content (AvgIpc) is 3.18. The van der Waals surface area contributed by atoms with Crippen LogP contribution >= 0.6 is 0 Å². The quantitative estimate of drug-likeness (QED) is 0.481. The number of nitrogens with zero attached hydrogens (tertiary/aromatic N) is 2. The van der Waals surface area contributed by atoms with Crippen molar-refractivity contribution in [1.29, 1.82) is 0 Å². The SMILES string of the molecule is CN1CC(C(=O)NCCCCCC(=O)N2CCC(c3ccc(CCC(N)=O)cc3)CC2)CC1=O. The summed E-state index contributed by atoms with van der Waals surface area (Å²) >= 11 is 0. The Balaban J connectivity index is 1.27. The normalized spacial score (nSPS) is 18.9. The van der Waals surface area contributed by atoms with Crippen molar-refractivity contribution >= 4 is 23.6 Å². The third-order valence-corrected chi connectivity index (χ3v) is 7.04. The molecule has 8 nitrogen and oxygen atoms in total. The van der Waals surface area contributed by atoms with Crippen LogP contribution in [0.3, 0.4) is 0 Å². The third-order valence-electron chi connectivity index (χ3n) is 7.04. The van der Waals surface area contributed by atoms with Gasteiger partial charge in [0.2, 0.25) is 23.6 Å². The summed E-state index contributed by atoms with van der Waals surface area (Å²) in [6.07, 6.45) is 6.40. The molecule has 0 aromatic heterocycles. The predicted molar refractivity (Wildman–Crippen MR) is 130 cm³/mol. The Morgan fingerprint density at radius 3 is 2.35 bits per heavy atom. The number of benzene rings is 1. The van der Waals surface area contributed by atoms with Crippen molar-refractivity contribution in [3.63, 3.8) is 0 Å². The highest BCUT2D eigenvalue weighted by Gasteiger charge is 2.31. The molecule has 1 aromatic rings. The van der Waals surface area contributed by atoms with Gasteiger partial charge in [-0.05, 0) is 49.1 Å². The number of carbonyl (C=O) groups excluding carboxylic acids is 4. The van der Waals surface area contributed by atoms with E-state index in [1.54, 1.807) is 11.9 Å². The highest BCUT2D eigenvalue weighted by atomic mass is 16.2. The number of aryl methyl sites for hydroxylation is 1. The largest absolute Gasteiger partial charge is 0.370 e.